The molecule has 0 heterocycles. The quantitative estimate of drug-likeness (QED) is 0.349. The number of nitrogens with one attached hydrogen (secondary N) is 2. The lowest BCUT2D eigenvalue weighted by molar-refractivity contribution is -0.118. The fourth-order valence-electron chi connectivity index (χ4n) is 3.18. The zero-order valence-electron chi connectivity index (χ0n) is 19.6. The van der Waals surface area contributed by atoms with Crippen molar-refractivity contribution in [2.24, 2.45) is 0 Å². The van der Waals surface area contributed by atoms with E-state index in [1.807, 2.05) is 37.3 Å². The Morgan fingerprint density at radius 3 is 2.31 bits per heavy atom. The Hall–Kier alpha value is -4.77. The first-order chi connectivity index (χ1) is 16.9. The van der Waals surface area contributed by atoms with E-state index in [4.69, 9.17) is 14.2 Å². The van der Waals surface area contributed by atoms with Gasteiger partial charge in [-0.25, -0.2) is 0 Å². The summed E-state index contributed by atoms with van der Waals surface area (Å²) in [4.78, 5) is 24.9. The van der Waals surface area contributed by atoms with Gasteiger partial charge >= 0.3 is 0 Å². The highest BCUT2D eigenvalue weighted by Gasteiger charge is 2.14. The average Bonchev–Trinajstić information content (AvgIpc) is 2.87. The molecule has 0 bridgehead atoms. The molecule has 2 amide bonds. The van der Waals surface area contributed by atoms with Crippen LogP contribution in [0.5, 0.6) is 17.2 Å². The molecule has 8 heteroatoms. The summed E-state index contributed by atoms with van der Waals surface area (Å²) >= 11 is 0. The maximum absolute atomic E-state index is 12.7. The SMILES string of the molecule is COc1ccc(C)cc1NC(=O)/C(C#N)=C/c1ccc(OCC(=O)Nc2ccccc2)c(OC)c1. The molecule has 3 aromatic carbocycles. The molecule has 0 atom stereocenters. The van der Waals surface area contributed by atoms with Crippen LogP contribution in [0.25, 0.3) is 6.08 Å². The first-order valence-electron chi connectivity index (χ1n) is 10.7. The third-order valence-electron chi connectivity index (χ3n) is 4.88. The van der Waals surface area contributed by atoms with Crippen LogP contribution in [-0.2, 0) is 9.59 Å². The molecule has 0 unspecified atom stereocenters. The zero-order chi connectivity index (χ0) is 25.2. The highest BCUT2D eigenvalue weighted by atomic mass is 16.5. The van der Waals surface area contributed by atoms with Crippen LogP contribution < -0.4 is 24.8 Å². The van der Waals surface area contributed by atoms with Crippen LogP contribution in [0.3, 0.4) is 0 Å². The number of carbonyl (C=O) groups excluding carboxylic acids is 2. The molecule has 0 saturated heterocycles. The number of methoxy groups -OCH3 is 2. The van der Waals surface area contributed by atoms with E-state index in [9.17, 15) is 14.9 Å². The molecule has 8 nitrogen and oxygen atoms in total. The Morgan fingerprint density at radius 2 is 1.63 bits per heavy atom. The number of benzene rings is 3. The molecular formula is C27H25N3O5. The van der Waals surface area contributed by atoms with Crippen molar-refractivity contribution in [2.45, 2.75) is 6.92 Å². The second-order valence-corrected chi connectivity index (χ2v) is 7.44. The van der Waals surface area contributed by atoms with Crippen LogP contribution in [0, 0.1) is 18.3 Å². The Kier molecular flexibility index (Phi) is 8.46. The summed E-state index contributed by atoms with van der Waals surface area (Å²) in [6, 6.07) is 21.2. The van der Waals surface area contributed by atoms with Gasteiger partial charge in [-0.05, 0) is 60.5 Å². The van der Waals surface area contributed by atoms with Crippen molar-refractivity contribution < 1.29 is 23.8 Å². The van der Waals surface area contributed by atoms with Crippen LogP contribution in [0.2, 0.25) is 0 Å². The highest BCUT2D eigenvalue weighted by Crippen LogP contribution is 2.30. The van der Waals surface area contributed by atoms with Crippen molar-refractivity contribution in [2.75, 3.05) is 31.5 Å². The Balaban J connectivity index is 1.71. The molecule has 3 aromatic rings. The van der Waals surface area contributed by atoms with Crippen LogP contribution in [0.4, 0.5) is 11.4 Å². The summed E-state index contributed by atoms with van der Waals surface area (Å²) in [7, 11) is 2.96. The number of hydrogen-bond donors (Lipinski definition) is 2. The summed E-state index contributed by atoms with van der Waals surface area (Å²) in [5, 5.41) is 15.0. The van der Waals surface area contributed by atoms with Crippen molar-refractivity contribution in [3.8, 4) is 23.3 Å². The van der Waals surface area contributed by atoms with E-state index in [0.717, 1.165) is 5.56 Å². The number of amides is 2. The van der Waals surface area contributed by atoms with Crippen LogP contribution in [0.1, 0.15) is 11.1 Å². The van der Waals surface area contributed by atoms with Gasteiger partial charge in [0.25, 0.3) is 11.8 Å². The predicted octanol–water partition coefficient (Wildman–Crippen LogP) is 4.58. The molecule has 0 radical (unpaired) electrons. The number of para-hydroxylation sites is 1. The van der Waals surface area contributed by atoms with Crippen molar-refractivity contribution >= 4 is 29.3 Å². The highest BCUT2D eigenvalue weighted by molar-refractivity contribution is 6.10. The average molecular weight is 472 g/mol. The minimum absolute atomic E-state index is 0.105. The van der Waals surface area contributed by atoms with Gasteiger partial charge in [0, 0.05) is 5.69 Å². The van der Waals surface area contributed by atoms with Gasteiger partial charge < -0.3 is 24.8 Å². The Labute approximate surface area is 203 Å². The molecular weight excluding hydrogens is 446 g/mol. The smallest absolute Gasteiger partial charge is 0.266 e. The molecule has 0 aromatic heterocycles. The van der Waals surface area contributed by atoms with Gasteiger partial charge in [-0.15, -0.1) is 0 Å². The van der Waals surface area contributed by atoms with E-state index < -0.39 is 5.91 Å². The number of rotatable bonds is 9. The normalized spacial score (nSPS) is 10.6. The first-order valence-corrected chi connectivity index (χ1v) is 10.7. The van der Waals surface area contributed by atoms with Gasteiger partial charge in [-0.3, -0.25) is 9.59 Å². The fraction of sp³-hybridized carbons (Fsp3) is 0.148. The minimum atomic E-state index is -0.576. The van der Waals surface area contributed by atoms with E-state index in [2.05, 4.69) is 10.6 Å². The van der Waals surface area contributed by atoms with Crippen LogP contribution >= 0.6 is 0 Å². The molecule has 35 heavy (non-hydrogen) atoms. The van der Waals surface area contributed by atoms with Crippen molar-refractivity contribution in [1.29, 1.82) is 5.26 Å². The molecule has 0 aliphatic heterocycles. The maximum atomic E-state index is 12.7. The Morgan fingerprint density at radius 1 is 0.914 bits per heavy atom. The summed E-state index contributed by atoms with van der Waals surface area (Å²) in [6.45, 7) is 1.67. The monoisotopic (exact) mass is 471 g/mol. The number of nitriles is 1. The Bertz CT molecular complexity index is 1280. The van der Waals surface area contributed by atoms with Gasteiger partial charge in [-0.2, -0.15) is 5.26 Å². The lowest BCUT2D eigenvalue weighted by Gasteiger charge is -2.12. The largest absolute Gasteiger partial charge is 0.495 e. The second kappa shape index (κ2) is 11.9. The zero-order valence-corrected chi connectivity index (χ0v) is 19.6. The molecule has 0 saturated carbocycles. The lowest BCUT2D eigenvalue weighted by atomic mass is 10.1. The molecule has 0 aliphatic rings. The number of hydrogen-bond acceptors (Lipinski definition) is 6. The van der Waals surface area contributed by atoms with Crippen molar-refractivity contribution in [3.05, 3.63) is 83.4 Å². The fourth-order valence-corrected chi connectivity index (χ4v) is 3.18. The van der Waals surface area contributed by atoms with Crippen molar-refractivity contribution in [3.63, 3.8) is 0 Å². The minimum Gasteiger partial charge on any atom is -0.495 e. The number of anilines is 2. The van der Waals surface area contributed by atoms with E-state index in [0.29, 0.717) is 34.2 Å². The number of carbonyl (C=O) groups is 2. The van der Waals surface area contributed by atoms with Crippen molar-refractivity contribution in [1.82, 2.24) is 0 Å². The number of aryl methyl sites for hydroxylation is 1. The van der Waals surface area contributed by atoms with Gasteiger partial charge in [0.05, 0.1) is 19.9 Å². The molecule has 0 fully saturated rings. The van der Waals surface area contributed by atoms with Gasteiger partial charge in [0.1, 0.15) is 17.4 Å². The number of nitrogens with zero attached hydrogens (tertiary/aromatic N) is 1. The summed E-state index contributed by atoms with van der Waals surface area (Å²) in [6.07, 6.45) is 1.44. The summed E-state index contributed by atoms with van der Waals surface area (Å²) < 4.78 is 16.2. The summed E-state index contributed by atoms with van der Waals surface area (Å²) in [5.41, 5.74) is 2.51. The standard InChI is InChI=1S/C27H25N3O5/c1-18-9-11-23(33-2)22(13-18)30-27(32)20(16-28)14-19-10-12-24(25(15-19)34-3)35-17-26(31)29-21-7-5-4-6-8-21/h4-15H,17H2,1-3H3,(H,29,31)(H,30,32)/b20-14+. The van der Waals surface area contributed by atoms with E-state index in [-0.39, 0.29) is 18.1 Å². The van der Waals surface area contributed by atoms with Gasteiger partial charge in [0.15, 0.2) is 18.1 Å². The van der Waals surface area contributed by atoms with Gasteiger partial charge in [-0.1, -0.05) is 30.3 Å². The number of ether oxygens (including phenoxy) is 3. The third kappa shape index (κ3) is 6.85. The topological polar surface area (TPSA) is 110 Å². The summed E-state index contributed by atoms with van der Waals surface area (Å²) in [5.74, 6) is 0.288. The van der Waals surface area contributed by atoms with Crippen LogP contribution in [0.15, 0.2) is 72.3 Å². The third-order valence-corrected chi connectivity index (χ3v) is 4.88. The molecule has 3 rings (SSSR count). The maximum Gasteiger partial charge on any atom is 0.266 e. The lowest BCUT2D eigenvalue weighted by Crippen LogP contribution is -2.20. The second-order valence-electron chi connectivity index (χ2n) is 7.44. The van der Waals surface area contributed by atoms with Gasteiger partial charge in [0.2, 0.25) is 0 Å². The predicted molar refractivity (Wildman–Crippen MR) is 134 cm³/mol. The van der Waals surface area contributed by atoms with E-state index in [1.165, 1.54) is 20.3 Å². The molecule has 0 spiro atoms. The molecule has 178 valence electrons. The van der Waals surface area contributed by atoms with Crippen LogP contribution in [-0.4, -0.2) is 32.6 Å². The van der Waals surface area contributed by atoms with E-state index in [1.54, 1.807) is 42.5 Å². The molecule has 0 aliphatic carbocycles. The first kappa shape index (κ1) is 24.9. The molecule has 2 N–H and O–H groups in total. The van der Waals surface area contributed by atoms with E-state index >= 15 is 0 Å².